The third-order valence-electron chi connectivity index (χ3n) is 2.72. The summed E-state index contributed by atoms with van der Waals surface area (Å²) in [6.07, 6.45) is -4.58. The highest BCUT2D eigenvalue weighted by Gasteiger charge is 2.31. The first kappa shape index (κ1) is 17.8. The molecule has 2 rings (SSSR count). The van der Waals surface area contributed by atoms with E-state index in [0.717, 1.165) is 0 Å². The van der Waals surface area contributed by atoms with Crippen molar-refractivity contribution in [2.45, 2.75) is 6.18 Å². The highest BCUT2D eigenvalue weighted by atomic mass is 35.5. The fourth-order valence-corrected chi connectivity index (χ4v) is 2.34. The molecule has 0 saturated carbocycles. The molecule has 2 aromatic carbocycles. The Labute approximate surface area is 144 Å². The summed E-state index contributed by atoms with van der Waals surface area (Å²) < 4.78 is 51.6. The molecule has 2 aromatic rings. The van der Waals surface area contributed by atoms with Gasteiger partial charge in [0.2, 0.25) is 0 Å². The summed E-state index contributed by atoms with van der Waals surface area (Å²) in [6.45, 7) is 0. The molecule has 9 heteroatoms. The molecule has 2 N–H and O–H groups in total. The van der Waals surface area contributed by atoms with E-state index in [1.807, 2.05) is 0 Å². The van der Waals surface area contributed by atoms with Crippen LogP contribution in [0.2, 0.25) is 10.0 Å². The van der Waals surface area contributed by atoms with Crippen LogP contribution in [0.1, 0.15) is 5.56 Å². The van der Waals surface area contributed by atoms with Crippen molar-refractivity contribution in [3.05, 3.63) is 57.8 Å². The van der Waals surface area contributed by atoms with Gasteiger partial charge in [-0.1, -0.05) is 23.2 Å². The minimum atomic E-state index is -4.58. The molecule has 0 unspecified atom stereocenters. The van der Waals surface area contributed by atoms with E-state index in [4.69, 9.17) is 35.4 Å². The van der Waals surface area contributed by atoms with Gasteiger partial charge in [0, 0.05) is 5.02 Å². The van der Waals surface area contributed by atoms with Crippen LogP contribution in [-0.2, 0) is 6.18 Å². The van der Waals surface area contributed by atoms with Crippen LogP contribution in [0, 0.1) is 5.82 Å². The summed E-state index contributed by atoms with van der Waals surface area (Å²) >= 11 is 16.6. The molecule has 0 aromatic heterocycles. The van der Waals surface area contributed by atoms with Gasteiger partial charge in [-0.15, -0.1) is 0 Å². The van der Waals surface area contributed by atoms with Crippen LogP contribution in [0.3, 0.4) is 0 Å². The van der Waals surface area contributed by atoms with Gasteiger partial charge in [0.15, 0.2) is 5.11 Å². The Morgan fingerprint density at radius 1 is 0.957 bits per heavy atom. The minimum Gasteiger partial charge on any atom is -0.331 e. The van der Waals surface area contributed by atoms with Gasteiger partial charge in [0.25, 0.3) is 0 Å². The largest absolute Gasteiger partial charge is 0.416 e. The Hall–Kier alpha value is -1.57. The lowest BCUT2D eigenvalue weighted by molar-refractivity contribution is -0.137. The van der Waals surface area contributed by atoms with Crippen LogP contribution in [0.15, 0.2) is 36.4 Å². The smallest absolute Gasteiger partial charge is 0.331 e. The Balaban J connectivity index is 2.17. The van der Waals surface area contributed by atoms with E-state index in [0.29, 0.717) is 28.9 Å². The number of thiocarbonyl (C=S) groups is 1. The molecule has 0 saturated heterocycles. The van der Waals surface area contributed by atoms with Crippen molar-refractivity contribution in [1.82, 2.24) is 0 Å². The predicted octanol–water partition coefficient (Wildman–Crippen LogP) is 5.96. The molecular weight excluding hydrogens is 375 g/mol. The lowest BCUT2D eigenvalue weighted by Crippen LogP contribution is -2.20. The Morgan fingerprint density at radius 2 is 1.61 bits per heavy atom. The molecule has 0 amide bonds. The summed E-state index contributed by atoms with van der Waals surface area (Å²) in [5.41, 5.74) is -1.02. The van der Waals surface area contributed by atoms with Crippen LogP contribution in [0.25, 0.3) is 0 Å². The zero-order valence-electron chi connectivity index (χ0n) is 11.1. The molecule has 0 radical (unpaired) electrons. The normalized spacial score (nSPS) is 11.2. The van der Waals surface area contributed by atoms with Crippen molar-refractivity contribution in [3.8, 4) is 0 Å². The number of nitrogens with one attached hydrogen (secondary N) is 2. The van der Waals surface area contributed by atoms with Gasteiger partial charge >= 0.3 is 6.18 Å². The lowest BCUT2D eigenvalue weighted by Gasteiger charge is -2.14. The molecule has 0 fully saturated rings. The van der Waals surface area contributed by atoms with E-state index in [2.05, 4.69) is 10.6 Å². The topological polar surface area (TPSA) is 24.1 Å². The molecule has 0 bridgehead atoms. The summed E-state index contributed by atoms with van der Waals surface area (Å²) in [4.78, 5) is 0. The summed E-state index contributed by atoms with van der Waals surface area (Å²) in [5, 5.41) is 5.56. The van der Waals surface area contributed by atoms with Crippen molar-refractivity contribution in [2.75, 3.05) is 10.6 Å². The van der Waals surface area contributed by atoms with Crippen LogP contribution in [0.4, 0.5) is 28.9 Å². The maximum atomic E-state index is 13.6. The van der Waals surface area contributed by atoms with Crippen molar-refractivity contribution < 1.29 is 17.6 Å². The zero-order valence-corrected chi connectivity index (χ0v) is 13.5. The number of hydrogen-bond acceptors (Lipinski definition) is 1. The van der Waals surface area contributed by atoms with Gasteiger partial charge < -0.3 is 10.6 Å². The predicted molar refractivity (Wildman–Crippen MR) is 87.7 cm³/mol. The van der Waals surface area contributed by atoms with Gasteiger partial charge in [-0.3, -0.25) is 0 Å². The molecule has 0 spiro atoms. The van der Waals surface area contributed by atoms with Gasteiger partial charge in [-0.2, -0.15) is 13.2 Å². The second-order valence-corrected chi connectivity index (χ2v) is 5.65. The first-order valence-corrected chi connectivity index (χ1v) is 7.23. The number of alkyl halides is 3. The monoisotopic (exact) mass is 382 g/mol. The molecule has 2 nitrogen and oxygen atoms in total. The van der Waals surface area contributed by atoms with Crippen LogP contribution in [-0.4, -0.2) is 5.11 Å². The number of rotatable bonds is 2. The summed E-state index contributed by atoms with van der Waals surface area (Å²) in [7, 11) is 0. The summed E-state index contributed by atoms with van der Waals surface area (Å²) in [6, 6.07) is 6.52. The third-order valence-corrected chi connectivity index (χ3v) is 3.47. The number of halogens is 6. The van der Waals surface area contributed by atoms with Crippen molar-refractivity contribution in [3.63, 3.8) is 0 Å². The molecule has 23 heavy (non-hydrogen) atoms. The first-order valence-electron chi connectivity index (χ1n) is 6.06. The SMILES string of the molecule is Fc1ccc(C(F)(F)F)cc1NC(=S)Nc1ccc(Cl)cc1Cl. The van der Waals surface area contributed by atoms with Gasteiger partial charge in [0.05, 0.1) is 22.0 Å². The van der Waals surface area contributed by atoms with Gasteiger partial charge in [0.1, 0.15) is 5.82 Å². The molecule has 0 atom stereocenters. The van der Waals surface area contributed by atoms with Crippen molar-refractivity contribution in [1.29, 1.82) is 0 Å². The van der Waals surface area contributed by atoms with E-state index in [9.17, 15) is 17.6 Å². The average Bonchev–Trinajstić information content (AvgIpc) is 2.43. The highest BCUT2D eigenvalue weighted by Crippen LogP contribution is 2.32. The van der Waals surface area contributed by atoms with Crippen molar-refractivity contribution in [2.24, 2.45) is 0 Å². The van der Waals surface area contributed by atoms with E-state index >= 15 is 0 Å². The lowest BCUT2D eigenvalue weighted by atomic mass is 10.2. The third kappa shape index (κ3) is 4.70. The molecular formula is C14H8Cl2F4N2S. The number of benzene rings is 2. The van der Waals surface area contributed by atoms with Crippen LogP contribution in [0.5, 0.6) is 0 Å². The molecule has 0 heterocycles. The van der Waals surface area contributed by atoms with Crippen molar-refractivity contribution >= 4 is 51.9 Å². The number of hydrogen-bond donors (Lipinski definition) is 2. The van der Waals surface area contributed by atoms with E-state index in [1.54, 1.807) is 6.07 Å². The first-order chi connectivity index (χ1) is 10.7. The average molecular weight is 383 g/mol. The highest BCUT2D eigenvalue weighted by molar-refractivity contribution is 7.80. The van der Waals surface area contributed by atoms with E-state index in [-0.39, 0.29) is 10.1 Å². The Kier molecular flexibility index (Phi) is 5.33. The Morgan fingerprint density at radius 3 is 2.22 bits per heavy atom. The standard InChI is InChI=1S/C14H8Cl2F4N2S/c15-8-2-4-11(9(16)6-8)21-13(23)22-12-5-7(14(18,19)20)1-3-10(12)17/h1-6H,(H2,21,22,23). The number of anilines is 2. The van der Waals surface area contributed by atoms with Gasteiger partial charge in [-0.05, 0) is 48.6 Å². The molecule has 0 aliphatic heterocycles. The summed E-state index contributed by atoms with van der Waals surface area (Å²) in [5.74, 6) is -0.871. The van der Waals surface area contributed by atoms with Gasteiger partial charge in [-0.25, -0.2) is 4.39 Å². The van der Waals surface area contributed by atoms with E-state index < -0.39 is 23.2 Å². The fraction of sp³-hybridized carbons (Fsp3) is 0.0714. The van der Waals surface area contributed by atoms with E-state index in [1.165, 1.54) is 12.1 Å². The Bertz CT molecular complexity index is 750. The minimum absolute atomic E-state index is 0.118. The molecule has 0 aliphatic rings. The molecule has 0 aliphatic carbocycles. The van der Waals surface area contributed by atoms with Crippen LogP contribution >= 0.6 is 35.4 Å². The maximum Gasteiger partial charge on any atom is 0.416 e. The second-order valence-electron chi connectivity index (χ2n) is 4.40. The second kappa shape index (κ2) is 6.90. The zero-order chi connectivity index (χ0) is 17.2. The maximum absolute atomic E-state index is 13.6. The quantitative estimate of drug-likeness (QED) is 0.494. The molecule has 122 valence electrons. The van der Waals surface area contributed by atoms with Crippen LogP contribution < -0.4 is 10.6 Å². The fourth-order valence-electron chi connectivity index (χ4n) is 1.66.